The van der Waals surface area contributed by atoms with Gasteiger partial charge in [0.1, 0.15) is 79.4 Å². The number of Topliss-reactive ketones (excluding diaryl/α,β-unsaturated/α-hetero) is 3. The van der Waals surface area contributed by atoms with Gasteiger partial charge in [-0.3, -0.25) is 72.1 Å². The van der Waals surface area contributed by atoms with Crippen molar-refractivity contribution in [3.05, 3.63) is 52.1 Å². The highest BCUT2D eigenvalue weighted by Gasteiger charge is 2.39. The summed E-state index contributed by atoms with van der Waals surface area (Å²) < 4.78 is 4.84. The number of aliphatic hydroxyl groups is 15. The summed E-state index contributed by atoms with van der Waals surface area (Å²) in [5, 5.41) is 208. The number of amides is 7. The Morgan fingerprint density at radius 1 is 0.480 bits per heavy atom. The molecule has 3 rings (SSSR count). The van der Waals surface area contributed by atoms with E-state index in [0.29, 0.717) is 5.69 Å². The number of H-pyrrole nitrogens is 1. The summed E-state index contributed by atoms with van der Waals surface area (Å²) in [6.07, 6.45) is -36.9. The van der Waals surface area contributed by atoms with Gasteiger partial charge in [0.25, 0.3) is 11.5 Å². The second-order valence-corrected chi connectivity index (χ2v) is 30.9. The number of fused-ring (bicyclic) bond motifs is 1. The monoisotopic (exact) mass is 1790 g/mol. The van der Waals surface area contributed by atoms with E-state index in [1.807, 2.05) is 0 Å². The zero-order valence-corrected chi connectivity index (χ0v) is 67.8. The van der Waals surface area contributed by atoms with Gasteiger partial charge in [-0.25, -0.2) is 19.6 Å². The van der Waals surface area contributed by atoms with E-state index in [1.165, 1.54) is 30.5 Å². The number of nitrogen functional groups attached to an aromatic ring is 1. The van der Waals surface area contributed by atoms with Gasteiger partial charge in [0.2, 0.25) is 41.4 Å². The van der Waals surface area contributed by atoms with Gasteiger partial charge >= 0.3 is 29.8 Å². The summed E-state index contributed by atoms with van der Waals surface area (Å²) in [5.41, 5.74) is 5.41. The number of hydrogen-bond donors (Lipinski definition) is 29. The number of ketones is 3. The van der Waals surface area contributed by atoms with Crippen LogP contribution in [0, 0.1) is 17.8 Å². The smallest absolute Gasteiger partial charge is 0.327 e. The molecule has 0 unspecified atom stereocenters. The van der Waals surface area contributed by atoms with E-state index < -0.39 is 351 Å². The van der Waals surface area contributed by atoms with Gasteiger partial charge in [0.05, 0.1) is 68.7 Å². The first-order valence-corrected chi connectivity index (χ1v) is 40.6. The molecule has 688 valence electrons. The van der Waals surface area contributed by atoms with Crippen LogP contribution in [0.5, 0.6) is 0 Å². The average molecular weight is 1790 g/mol. The molecule has 123 heavy (non-hydrogen) atoms. The van der Waals surface area contributed by atoms with Gasteiger partial charge < -0.3 is 150 Å². The van der Waals surface area contributed by atoms with E-state index in [1.54, 1.807) is 0 Å². The number of rotatable bonds is 63. The molecule has 3 aromatic rings. The van der Waals surface area contributed by atoms with Crippen LogP contribution in [0.2, 0.25) is 0 Å². The molecule has 7 amide bonds. The van der Waals surface area contributed by atoms with Crippen LogP contribution in [0.4, 0.5) is 11.6 Å². The molecular formula is C72H107N13O36S2. The third-order valence-electron chi connectivity index (χ3n) is 18.7. The van der Waals surface area contributed by atoms with Crippen molar-refractivity contribution >= 4 is 133 Å². The Morgan fingerprint density at radius 3 is 1.28 bits per heavy atom. The SMILES string of the molecule is CC(=O)OCCSSC[C@H](NC(=O)[C@H](CCC(=O)NC[C@H](O)[C@@H](O)[C@H](O)[C@H](O)CO)CC(=O)[C@H](CCC(=O)O)NC(=O)[C@H](CCC(=O)NC[C@H](O)[C@@H](O)[C@H](O)[C@H](O)CO)CC(=O)[C@H](CCC(=O)O)NC(=O)[C@H](CCC(=O)NC[C@H](O)[C@@H](O)[C@H](O)[C@H](O)CO)CC(=O)CC[C@H](NC(=O)c1ccc(NCc2cnc3nc(N)[nH]c(=O)c3n2)cc1)C(=O)O)C(=O)O. The summed E-state index contributed by atoms with van der Waals surface area (Å²) in [6.45, 7) is -4.86. The summed E-state index contributed by atoms with van der Waals surface area (Å²) in [6, 6.07) is -2.27. The maximum Gasteiger partial charge on any atom is 0.327 e. The van der Waals surface area contributed by atoms with E-state index in [4.69, 9.17) is 15.6 Å². The van der Waals surface area contributed by atoms with Crippen molar-refractivity contribution in [3.63, 3.8) is 0 Å². The number of hydrogen-bond acceptors (Lipinski definition) is 39. The molecule has 0 aliphatic carbocycles. The van der Waals surface area contributed by atoms with Gasteiger partial charge in [0.15, 0.2) is 22.7 Å². The number of aliphatic carboxylic acids is 4. The second-order valence-electron chi connectivity index (χ2n) is 28.2. The van der Waals surface area contributed by atoms with Gasteiger partial charge in [-0.05, 0) is 62.8 Å². The summed E-state index contributed by atoms with van der Waals surface area (Å²) in [4.78, 5) is 229. The number of carbonyl (C=O) groups excluding carboxylic acids is 11. The molecule has 0 aliphatic heterocycles. The lowest BCUT2D eigenvalue weighted by Crippen LogP contribution is -2.50. The van der Waals surface area contributed by atoms with E-state index in [-0.39, 0.29) is 47.3 Å². The third-order valence-corrected chi connectivity index (χ3v) is 21.1. The standard InChI is InChI=1S/C72H107N13O36S2/c1-32(89)121-18-19-122-123-31-43(71(119)120)83-68(115)36(6-15-54(101)77-27-48(95)60(108)63(111)51(98)30-88)22-45(92)41(12-17-56(104)105)81-67(114)35(5-14-53(100)76-26-47(94)59(107)62(110)50(97)29-87)21-44(91)40(11-16-55(102)103)80-66(113)34(4-13-52(99)75-25-46(93)58(106)61(109)49(96)28-86)20-39(90)9-10-42(70(117)118)82-65(112)33-2-7-37(8-3-33)74-23-38-24-78-64-57(79-38)69(116)85-72(73)84-64/h2-3,7-8,24,34-36,40-43,46-51,58-63,74,86-88,93-98,106-111H,4-6,9-23,25-31H2,1H3,(H,75,99)(H,76,100)(H,77,101)(H,80,113)(H,81,114)(H,82,112)(H,83,115)(H,102,103)(H,104,105)(H,117,118)(H,119,120)(H3,73,78,84,85,116)/t34-,35-,36-,40+,41+,42+,43+,46+,47+,48+,49-,50-,51-,58-,59-,60-,61-,62-,63-/m1/s1. The van der Waals surface area contributed by atoms with Crippen LogP contribution in [0.3, 0.4) is 0 Å². The maximum absolute atomic E-state index is 14.9. The van der Waals surface area contributed by atoms with Crippen LogP contribution >= 0.6 is 21.6 Å². The van der Waals surface area contributed by atoms with Crippen molar-refractivity contribution in [1.29, 1.82) is 0 Å². The Kier molecular flexibility index (Phi) is 47.9. The molecule has 19 atom stereocenters. The Morgan fingerprint density at radius 2 is 0.878 bits per heavy atom. The summed E-state index contributed by atoms with van der Waals surface area (Å²) >= 11 is 0. The number of nitrogens with zero attached hydrogens (tertiary/aromatic N) is 3. The quantitative estimate of drug-likeness (QED) is 0.0142. The number of carbonyl (C=O) groups is 15. The van der Waals surface area contributed by atoms with Crippen LogP contribution in [0.1, 0.15) is 119 Å². The molecule has 30 N–H and O–H groups in total. The lowest BCUT2D eigenvalue weighted by molar-refractivity contribution is -0.142. The first-order chi connectivity index (χ1) is 57.9. The molecule has 0 saturated carbocycles. The Hall–Kier alpha value is -10.2. The molecule has 2 heterocycles. The molecule has 0 radical (unpaired) electrons. The Bertz CT molecular complexity index is 4080. The number of nitrogens with two attached hydrogens (primary N) is 1. The van der Waals surface area contributed by atoms with Crippen molar-refractivity contribution < 1.29 is 174 Å². The molecule has 51 heteroatoms. The van der Waals surface area contributed by atoms with E-state index >= 15 is 0 Å². The minimum absolute atomic E-state index is 0.00705. The van der Waals surface area contributed by atoms with Crippen LogP contribution < -0.4 is 53.8 Å². The number of anilines is 2. The van der Waals surface area contributed by atoms with Crippen molar-refractivity contribution in [2.75, 3.05) is 68.6 Å². The van der Waals surface area contributed by atoms with Crippen molar-refractivity contribution in [1.82, 2.24) is 57.2 Å². The van der Waals surface area contributed by atoms with E-state index in [0.717, 1.165) is 28.5 Å². The van der Waals surface area contributed by atoms with E-state index in [2.05, 4.69) is 62.5 Å². The number of nitrogens with one attached hydrogen (secondary N) is 9. The predicted molar refractivity (Wildman–Crippen MR) is 422 cm³/mol. The highest BCUT2D eigenvalue weighted by atomic mass is 33.1. The van der Waals surface area contributed by atoms with Crippen LogP contribution in [-0.2, 0) is 78.4 Å². The zero-order valence-electron chi connectivity index (χ0n) is 66.2. The van der Waals surface area contributed by atoms with Gasteiger partial charge in [-0.1, -0.05) is 21.6 Å². The number of benzene rings is 1. The first-order valence-electron chi connectivity index (χ1n) is 38.1. The number of carboxylic acid groups (broad SMARTS) is 4. The molecular weight excluding hydrogens is 1690 g/mol. The van der Waals surface area contributed by atoms with Gasteiger partial charge in [-0.15, -0.1) is 0 Å². The topological polar surface area (TPSA) is 843 Å². The second kappa shape index (κ2) is 55.1. The summed E-state index contributed by atoms with van der Waals surface area (Å²) in [5.74, 6) is -24.9. The largest absolute Gasteiger partial charge is 0.481 e. The number of aliphatic hydroxyl groups excluding tert-OH is 15. The molecule has 0 saturated heterocycles. The van der Waals surface area contributed by atoms with Gasteiger partial charge in [0, 0.05) is 125 Å². The molecule has 0 fully saturated rings. The van der Waals surface area contributed by atoms with E-state index in [9.17, 15) is 169 Å². The van der Waals surface area contributed by atoms with Crippen molar-refractivity contribution in [2.24, 2.45) is 17.8 Å². The maximum atomic E-state index is 14.9. The fourth-order valence-corrected chi connectivity index (χ4v) is 13.4. The van der Waals surface area contributed by atoms with Crippen LogP contribution in [0.15, 0.2) is 35.3 Å². The van der Waals surface area contributed by atoms with Crippen molar-refractivity contribution in [2.45, 2.75) is 207 Å². The fraction of sp³-hybridized carbons (Fsp3) is 0.625. The van der Waals surface area contributed by atoms with Crippen LogP contribution in [0.25, 0.3) is 11.2 Å². The average Bonchev–Trinajstić information content (AvgIpc) is 0.810. The molecule has 1 aromatic carbocycles. The molecule has 49 nitrogen and oxygen atoms in total. The lowest BCUT2D eigenvalue weighted by atomic mass is 9.89. The highest BCUT2D eigenvalue weighted by molar-refractivity contribution is 8.76. The highest BCUT2D eigenvalue weighted by Crippen LogP contribution is 2.25. The minimum Gasteiger partial charge on any atom is -0.481 e. The van der Waals surface area contributed by atoms with Crippen LogP contribution in [-0.4, -0.2) is 360 Å². The summed E-state index contributed by atoms with van der Waals surface area (Å²) in [7, 11) is 1.89. The molecule has 2 aromatic heterocycles. The van der Waals surface area contributed by atoms with Gasteiger partial charge in [-0.2, -0.15) is 4.98 Å². The van der Waals surface area contributed by atoms with Crippen molar-refractivity contribution in [3.8, 4) is 0 Å². The number of carboxylic acids is 4. The Balaban J connectivity index is 2.09. The zero-order chi connectivity index (χ0) is 92.5. The minimum atomic E-state index is -2.23. The number of aromatic amines is 1. The number of aromatic nitrogens is 4. The molecule has 0 aliphatic rings. The third kappa shape index (κ3) is 39.0. The fourth-order valence-electron chi connectivity index (χ4n) is 11.4. The molecule has 0 spiro atoms. The lowest BCUT2D eigenvalue weighted by Gasteiger charge is -2.26. The Labute approximate surface area is 706 Å². The molecule has 0 bridgehead atoms. The number of ether oxygens (including phenoxy) is 1. The normalized spacial score (nSPS) is 16.1. The number of esters is 1. The predicted octanol–water partition coefficient (Wildman–Crippen LogP) is -10.2. The first kappa shape index (κ1) is 107.